The summed E-state index contributed by atoms with van der Waals surface area (Å²) in [4.78, 5) is 11.0. The number of carbonyl (C=O) groups is 1. The maximum Gasteiger partial charge on any atom is 0.334 e. The first-order chi connectivity index (χ1) is 5.15. The SMILES string of the molecule is C=CC1CC(C)C(=C)C(=O)O1. The van der Waals surface area contributed by atoms with E-state index in [-0.39, 0.29) is 18.0 Å². The van der Waals surface area contributed by atoms with Gasteiger partial charge in [0.25, 0.3) is 0 Å². The summed E-state index contributed by atoms with van der Waals surface area (Å²) < 4.78 is 4.96. The van der Waals surface area contributed by atoms with Gasteiger partial charge < -0.3 is 4.74 Å². The van der Waals surface area contributed by atoms with Crippen molar-refractivity contribution < 1.29 is 9.53 Å². The van der Waals surface area contributed by atoms with Crippen LogP contribution in [0.2, 0.25) is 0 Å². The van der Waals surface area contributed by atoms with Crippen LogP contribution >= 0.6 is 0 Å². The number of esters is 1. The molecule has 2 nitrogen and oxygen atoms in total. The second kappa shape index (κ2) is 2.91. The van der Waals surface area contributed by atoms with Crippen molar-refractivity contribution in [1.82, 2.24) is 0 Å². The van der Waals surface area contributed by atoms with Gasteiger partial charge in [0.2, 0.25) is 0 Å². The van der Waals surface area contributed by atoms with Gasteiger partial charge in [-0.2, -0.15) is 0 Å². The van der Waals surface area contributed by atoms with Crippen molar-refractivity contribution in [2.75, 3.05) is 0 Å². The van der Waals surface area contributed by atoms with Crippen LogP contribution in [0.3, 0.4) is 0 Å². The molecule has 1 saturated heterocycles. The zero-order valence-corrected chi connectivity index (χ0v) is 6.67. The largest absolute Gasteiger partial charge is 0.455 e. The number of hydrogen-bond donors (Lipinski definition) is 0. The van der Waals surface area contributed by atoms with Crippen molar-refractivity contribution in [3.8, 4) is 0 Å². The molecule has 1 aliphatic heterocycles. The van der Waals surface area contributed by atoms with Gasteiger partial charge in [-0.25, -0.2) is 4.79 Å². The Morgan fingerprint density at radius 1 is 1.73 bits per heavy atom. The van der Waals surface area contributed by atoms with Gasteiger partial charge in [0.1, 0.15) is 6.10 Å². The Labute approximate surface area is 66.5 Å². The molecule has 0 spiro atoms. The van der Waals surface area contributed by atoms with Gasteiger partial charge in [-0.1, -0.05) is 26.2 Å². The Hall–Kier alpha value is -1.05. The maximum atomic E-state index is 11.0. The van der Waals surface area contributed by atoms with Gasteiger partial charge in [0, 0.05) is 5.57 Å². The Balaban J connectivity index is 2.69. The summed E-state index contributed by atoms with van der Waals surface area (Å²) in [6.07, 6.45) is 2.34. The number of cyclic esters (lactones) is 1. The average molecular weight is 152 g/mol. The molecule has 0 aromatic heterocycles. The van der Waals surface area contributed by atoms with Crippen LogP contribution in [-0.4, -0.2) is 12.1 Å². The van der Waals surface area contributed by atoms with E-state index in [1.165, 1.54) is 0 Å². The molecule has 0 aromatic rings. The zero-order chi connectivity index (χ0) is 8.43. The monoisotopic (exact) mass is 152 g/mol. The van der Waals surface area contributed by atoms with E-state index in [9.17, 15) is 4.79 Å². The van der Waals surface area contributed by atoms with Crippen molar-refractivity contribution in [2.24, 2.45) is 5.92 Å². The van der Waals surface area contributed by atoms with Crippen molar-refractivity contribution >= 4 is 5.97 Å². The normalized spacial score (nSPS) is 31.4. The number of ether oxygens (including phenoxy) is 1. The Bertz CT molecular complexity index is 206. The summed E-state index contributed by atoms with van der Waals surface area (Å²) in [5, 5.41) is 0. The number of carbonyl (C=O) groups excluding carboxylic acids is 1. The summed E-state index contributed by atoms with van der Waals surface area (Å²) >= 11 is 0. The lowest BCUT2D eigenvalue weighted by atomic mass is 9.93. The minimum Gasteiger partial charge on any atom is -0.455 e. The average Bonchev–Trinajstić information content (AvgIpc) is 1.99. The standard InChI is InChI=1S/C9H12O2/c1-4-8-5-6(2)7(3)9(10)11-8/h4,6,8H,1,3,5H2,2H3. The van der Waals surface area contributed by atoms with Crippen LogP contribution in [0.4, 0.5) is 0 Å². The van der Waals surface area contributed by atoms with Crippen molar-refractivity contribution in [2.45, 2.75) is 19.4 Å². The fourth-order valence-electron chi connectivity index (χ4n) is 1.10. The minimum absolute atomic E-state index is 0.122. The van der Waals surface area contributed by atoms with Gasteiger partial charge in [-0.15, -0.1) is 0 Å². The highest BCUT2D eigenvalue weighted by Gasteiger charge is 2.27. The fourth-order valence-corrected chi connectivity index (χ4v) is 1.10. The highest BCUT2D eigenvalue weighted by Crippen LogP contribution is 2.24. The minimum atomic E-state index is -0.284. The topological polar surface area (TPSA) is 26.3 Å². The molecule has 0 aliphatic carbocycles. The molecule has 0 radical (unpaired) electrons. The maximum absolute atomic E-state index is 11.0. The predicted octanol–water partition coefficient (Wildman–Crippen LogP) is 1.68. The highest BCUT2D eigenvalue weighted by molar-refractivity contribution is 5.89. The third-order valence-electron chi connectivity index (χ3n) is 1.96. The lowest BCUT2D eigenvalue weighted by Gasteiger charge is -2.25. The zero-order valence-electron chi connectivity index (χ0n) is 6.67. The third-order valence-corrected chi connectivity index (χ3v) is 1.96. The molecule has 0 saturated carbocycles. The smallest absolute Gasteiger partial charge is 0.334 e. The fraction of sp³-hybridized carbons (Fsp3) is 0.444. The molecule has 2 heteroatoms. The van der Waals surface area contributed by atoms with Crippen LogP contribution in [0.25, 0.3) is 0 Å². The summed E-state index contributed by atoms with van der Waals surface area (Å²) in [5.41, 5.74) is 0.572. The van der Waals surface area contributed by atoms with E-state index in [2.05, 4.69) is 13.2 Å². The Morgan fingerprint density at radius 3 is 2.82 bits per heavy atom. The first-order valence-electron chi connectivity index (χ1n) is 3.67. The van der Waals surface area contributed by atoms with Crippen LogP contribution in [0.5, 0.6) is 0 Å². The number of hydrogen-bond acceptors (Lipinski definition) is 2. The molecule has 1 fully saturated rings. The lowest BCUT2D eigenvalue weighted by Crippen LogP contribution is -2.28. The van der Waals surface area contributed by atoms with E-state index in [0.29, 0.717) is 5.57 Å². The lowest BCUT2D eigenvalue weighted by molar-refractivity contribution is -0.146. The van der Waals surface area contributed by atoms with Gasteiger partial charge in [-0.05, 0) is 12.3 Å². The van der Waals surface area contributed by atoms with Crippen LogP contribution in [0, 0.1) is 5.92 Å². The van der Waals surface area contributed by atoms with E-state index >= 15 is 0 Å². The molecule has 0 aromatic carbocycles. The summed E-state index contributed by atoms with van der Waals surface area (Å²) in [5.74, 6) is -0.0621. The van der Waals surface area contributed by atoms with Gasteiger partial charge >= 0.3 is 5.97 Å². The van der Waals surface area contributed by atoms with Crippen molar-refractivity contribution in [1.29, 1.82) is 0 Å². The molecule has 1 rings (SSSR count). The molecule has 2 unspecified atom stereocenters. The summed E-state index contributed by atoms with van der Waals surface area (Å²) in [6.45, 7) is 9.18. The first-order valence-corrected chi connectivity index (χ1v) is 3.67. The van der Waals surface area contributed by atoms with E-state index in [1.807, 2.05) is 6.92 Å². The van der Waals surface area contributed by atoms with Gasteiger partial charge in [0.15, 0.2) is 0 Å². The van der Waals surface area contributed by atoms with E-state index in [1.54, 1.807) is 6.08 Å². The van der Waals surface area contributed by atoms with E-state index < -0.39 is 0 Å². The Morgan fingerprint density at radius 2 is 2.36 bits per heavy atom. The third kappa shape index (κ3) is 1.50. The molecule has 11 heavy (non-hydrogen) atoms. The van der Waals surface area contributed by atoms with Gasteiger partial charge in [-0.3, -0.25) is 0 Å². The quantitative estimate of drug-likeness (QED) is 0.324. The molecule has 1 aliphatic rings. The summed E-state index contributed by atoms with van der Waals surface area (Å²) in [7, 11) is 0. The van der Waals surface area contributed by atoms with Crippen molar-refractivity contribution in [3.63, 3.8) is 0 Å². The molecule has 2 atom stereocenters. The van der Waals surface area contributed by atoms with Crippen LogP contribution in [-0.2, 0) is 9.53 Å². The second-order valence-corrected chi connectivity index (χ2v) is 2.84. The first kappa shape index (κ1) is 8.05. The molecule has 0 amide bonds. The second-order valence-electron chi connectivity index (χ2n) is 2.84. The van der Waals surface area contributed by atoms with Crippen LogP contribution < -0.4 is 0 Å². The molecule has 0 N–H and O–H groups in total. The van der Waals surface area contributed by atoms with Gasteiger partial charge in [0.05, 0.1) is 0 Å². The molecular formula is C9H12O2. The summed E-state index contributed by atoms with van der Waals surface area (Å²) in [6, 6.07) is 0. The van der Waals surface area contributed by atoms with Crippen LogP contribution in [0.15, 0.2) is 24.8 Å². The molecular weight excluding hydrogens is 140 g/mol. The molecule has 60 valence electrons. The van der Waals surface area contributed by atoms with E-state index in [4.69, 9.17) is 4.74 Å². The predicted molar refractivity (Wildman–Crippen MR) is 43.0 cm³/mol. The van der Waals surface area contributed by atoms with Crippen molar-refractivity contribution in [3.05, 3.63) is 24.8 Å². The van der Waals surface area contributed by atoms with Crippen LogP contribution in [0.1, 0.15) is 13.3 Å². The Kier molecular flexibility index (Phi) is 2.13. The highest BCUT2D eigenvalue weighted by atomic mass is 16.5. The number of rotatable bonds is 1. The molecule has 0 bridgehead atoms. The molecule has 1 heterocycles. The van der Waals surface area contributed by atoms with E-state index in [0.717, 1.165) is 6.42 Å².